The number of hydrogen-bond acceptors (Lipinski definition) is 7. The van der Waals surface area contributed by atoms with Gasteiger partial charge in [-0.3, -0.25) is 4.98 Å². The minimum Gasteiger partial charge on any atom is -0.492 e. The topological polar surface area (TPSA) is 113 Å². The Balaban J connectivity index is 1.35. The largest absolute Gasteiger partial charge is 0.492 e. The molecule has 2 aromatic rings. The van der Waals surface area contributed by atoms with Crippen LogP contribution >= 0.6 is 0 Å². The van der Waals surface area contributed by atoms with Crippen LogP contribution < -0.4 is 10.5 Å². The van der Waals surface area contributed by atoms with Crippen LogP contribution in [0.3, 0.4) is 0 Å². The van der Waals surface area contributed by atoms with Gasteiger partial charge in [-0.2, -0.15) is 5.10 Å². The third kappa shape index (κ3) is 5.43. The molecule has 2 saturated heterocycles. The van der Waals surface area contributed by atoms with Crippen molar-refractivity contribution in [3.63, 3.8) is 0 Å². The second-order valence-corrected chi connectivity index (χ2v) is 10.2. The summed E-state index contributed by atoms with van der Waals surface area (Å²) in [5.74, 6) is 0.825. The van der Waals surface area contributed by atoms with Gasteiger partial charge in [0, 0.05) is 38.4 Å². The van der Waals surface area contributed by atoms with Crippen LogP contribution in [0, 0.1) is 5.92 Å². The van der Waals surface area contributed by atoms with Crippen LogP contribution in [0.4, 0.5) is 0 Å². The molecule has 2 N–H and O–H groups in total. The molecule has 170 valence electrons. The Hall–Kier alpha value is -2.01. The normalized spacial score (nSPS) is 23.0. The van der Waals surface area contributed by atoms with Crippen molar-refractivity contribution in [1.82, 2.24) is 19.1 Å². The number of piperidine rings is 1. The van der Waals surface area contributed by atoms with Crippen molar-refractivity contribution in [2.75, 3.05) is 38.6 Å². The molecule has 0 radical (unpaired) electrons. The monoisotopic (exact) mass is 449 g/mol. The van der Waals surface area contributed by atoms with Gasteiger partial charge in [-0.15, -0.1) is 0 Å². The summed E-state index contributed by atoms with van der Waals surface area (Å²) in [4.78, 5) is 4.56. The molecule has 0 saturated carbocycles. The summed E-state index contributed by atoms with van der Waals surface area (Å²) in [7, 11) is -3.27. The molecule has 4 heterocycles. The number of sulfonamides is 1. The fourth-order valence-corrected chi connectivity index (χ4v) is 5.59. The van der Waals surface area contributed by atoms with E-state index in [0.29, 0.717) is 25.4 Å². The van der Waals surface area contributed by atoms with Gasteiger partial charge in [0.15, 0.2) is 6.23 Å². The average Bonchev–Trinajstić information content (AvgIpc) is 3.29. The minimum absolute atomic E-state index is 0.00552. The van der Waals surface area contributed by atoms with Gasteiger partial charge in [-0.25, -0.2) is 17.4 Å². The van der Waals surface area contributed by atoms with Crippen molar-refractivity contribution in [2.24, 2.45) is 11.7 Å². The zero-order valence-corrected chi connectivity index (χ0v) is 18.5. The van der Waals surface area contributed by atoms with Crippen LogP contribution in [0.25, 0.3) is 11.4 Å². The van der Waals surface area contributed by atoms with Gasteiger partial charge in [0.05, 0.1) is 29.9 Å². The SMILES string of the molecule is NCCS(=O)(=O)N1CCC[C@@H](COc2ccc(-c3ccnn3C3CCCCO3)nc2)C1. The number of aromatic nitrogens is 3. The Morgan fingerprint density at radius 2 is 2.10 bits per heavy atom. The fraction of sp³-hybridized carbons (Fsp3) is 0.619. The van der Waals surface area contributed by atoms with Crippen molar-refractivity contribution in [3.05, 3.63) is 30.6 Å². The van der Waals surface area contributed by atoms with E-state index >= 15 is 0 Å². The van der Waals surface area contributed by atoms with Crippen LogP contribution in [0.15, 0.2) is 30.6 Å². The van der Waals surface area contributed by atoms with Crippen LogP contribution in [0.2, 0.25) is 0 Å². The summed E-state index contributed by atoms with van der Waals surface area (Å²) >= 11 is 0. The first-order valence-corrected chi connectivity index (χ1v) is 12.6. The molecule has 2 atom stereocenters. The molecule has 2 aromatic heterocycles. The van der Waals surface area contributed by atoms with E-state index in [1.807, 2.05) is 22.9 Å². The molecule has 2 aliphatic heterocycles. The molecule has 1 unspecified atom stereocenters. The first kappa shape index (κ1) is 22.2. The van der Waals surface area contributed by atoms with Crippen molar-refractivity contribution < 1.29 is 17.9 Å². The molecule has 0 amide bonds. The fourth-order valence-electron chi connectivity index (χ4n) is 4.19. The highest BCUT2D eigenvalue weighted by Gasteiger charge is 2.28. The van der Waals surface area contributed by atoms with Gasteiger partial charge in [-0.05, 0) is 50.3 Å². The average molecular weight is 450 g/mol. The molecule has 4 rings (SSSR count). The van der Waals surface area contributed by atoms with E-state index in [9.17, 15) is 8.42 Å². The Morgan fingerprint density at radius 1 is 1.19 bits per heavy atom. The lowest BCUT2D eigenvalue weighted by Gasteiger charge is -2.31. The van der Waals surface area contributed by atoms with Crippen molar-refractivity contribution in [1.29, 1.82) is 0 Å². The van der Waals surface area contributed by atoms with Gasteiger partial charge < -0.3 is 15.2 Å². The second kappa shape index (κ2) is 10.1. The van der Waals surface area contributed by atoms with E-state index in [1.165, 1.54) is 0 Å². The van der Waals surface area contributed by atoms with Crippen LogP contribution in [-0.4, -0.2) is 66.1 Å². The lowest BCUT2D eigenvalue weighted by Crippen LogP contribution is -2.43. The van der Waals surface area contributed by atoms with E-state index < -0.39 is 10.0 Å². The molecule has 31 heavy (non-hydrogen) atoms. The molecule has 0 aromatic carbocycles. The minimum atomic E-state index is -3.27. The van der Waals surface area contributed by atoms with Gasteiger partial charge in [0.25, 0.3) is 0 Å². The molecule has 2 fully saturated rings. The maximum Gasteiger partial charge on any atom is 0.215 e. The van der Waals surface area contributed by atoms with Gasteiger partial charge in [0.1, 0.15) is 5.75 Å². The predicted octanol–water partition coefficient (Wildman–Crippen LogP) is 2.02. The maximum atomic E-state index is 12.3. The highest BCUT2D eigenvalue weighted by molar-refractivity contribution is 7.89. The van der Waals surface area contributed by atoms with E-state index in [2.05, 4.69) is 10.1 Å². The summed E-state index contributed by atoms with van der Waals surface area (Å²) in [5, 5.41) is 4.44. The van der Waals surface area contributed by atoms with E-state index in [-0.39, 0.29) is 24.4 Å². The maximum absolute atomic E-state index is 12.3. The lowest BCUT2D eigenvalue weighted by molar-refractivity contribution is -0.0384. The summed E-state index contributed by atoms with van der Waals surface area (Å²) in [5.41, 5.74) is 7.18. The first-order chi connectivity index (χ1) is 15.1. The summed E-state index contributed by atoms with van der Waals surface area (Å²) in [6.45, 7) is 2.41. The second-order valence-electron chi connectivity index (χ2n) is 8.14. The smallest absolute Gasteiger partial charge is 0.215 e. The quantitative estimate of drug-likeness (QED) is 0.656. The van der Waals surface area contributed by atoms with E-state index in [4.69, 9.17) is 15.2 Å². The third-order valence-electron chi connectivity index (χ3n) is 5.83. The zero-order chi connectivity index (χ0) is 21.7. The highest BCUT2D eigenvalue weighted by Crippen LogP contribution is 2.28. The number of pyridine rings is 1. The molecular weight excluding hydrogens is 418 g/mol. The predicted molar refractivity (Wildman–Crippen MR) is 117 cm³/mol. The van der Waals surface area contributed by atoms with E-state index in [0.717, 1.165) is 50.1 Å². The molecule has 0 spiro atoms. The van der Waals surface area contributed by atoms with Crippen LogP contribution in [0.5, 0.6) is 5.75 Å². The summed E-state index contributed by atoms with van der Waals surface area (Å²) < 4.78 is 39.8. The van der Waals surface area contributed by atoms with Crippen molar-refractivity contribution >= 4 is 10.0 Å². The highest BCUT2D eigenvalue weighted by atomic mass is 32.2. The number of nitrogens with two attached hydrogens (primary N) is 1. The first-order valence-electron chi connectivity index (χ1n) is 11.0. The number of rotatable bonds is 8. The number of ether oxygens (including phenoxy) is 2. The van der Waals surface area contributed by atoms with Gasteiger partial charge >= 0.3 is 0 Å². The summed E-state index contributed by atoms with van der Waals surface area (Å²) in [6, 6.07) is 5.76. The van der Waals surface area contributed by atoms with Gasteiger partial charge in [0.2, 0.25) is 10.0 Å². The zero-order valence-electron chi connectivity index (χ0n) is 17.7. The lowest BCUT2D eigenvalue weighted by atomic mass is 10.0. The Labute approximate surface area is 183 Å². The van der Waals surface area contributed by atoms with Crippen LogP contribution in [-0.2, 0) is 14.8 Å². The molecule has 2 aliphatic rings. The molecule has 0 bridgehead atoms. The Bertz CT molecular complexity index is 941. The molecule has 0 aliphatic carbocycles. The number of hydrogen-bond donors (Lipinski definition) is 1. The Morgan fingerprint density at radius 3 is 2.84 bits per heavy atom. The van der Waals surface area contributed by atoms with Crippen LogP contribution in [0.1, 0.15) is 38.3 Å². The van der Waals surface area contributed by atoms with Crippen molar-refractivity contribution in [3.8, 4) is 17.1 Å². The van der Waals surface area contributed by atoms with Gasteiger partial charge in [-0.1, -0.05) is 0 Å². The van der Waals surface area contributed by atoms with Crippen molar-refractivity contribution in [2.45, 2.75) is 38.3 Å². The molecular formula is C21H31N5O4S. The number of nitrogens with zero attached hydrogens (tertiary/aromatic N) is 4. The summed E-state index contributed by atoms with van der Waals surface area (Å²) in [6.07, 6.45) is 8.40. The molecule has 10 heteroatoms. The Kier molecular flexibility index (Phi) is 7.21. The molecule has 9 nitrogen and oxygen atoms in total. The standard InChI is InChI=1S/C21H31N5O4S/c22-9-13-31(27,28)25-11-3-4-17(15-25)16-30-18-6-7-19(23-14-18)20-8-10-24-26(20)21-5-1-2-12-29-21/h6-8,10,14,17,21H,1-5,9,11-13,15-16,22H2/t17-,21?/m1/s1. The third-order valence-corrected chi connectivity index (χ3v) is 7.70. The van der Waals surface area contributed by atoms with E-state index in [1.54, 1.807) is 16.7 Å².